The molecule has 0 aromatic heterocycles. The van der Waals surface area contributed by atoms with E-state index in [1.807, 2.05) is 60.7 Å². The van der Waals surface area contributed by atoms with Crippen molar-refractivity contribution in [2.45, 2.75) is 31.4 Å². The normalized spacial score (nSPS) is 18.7. The fourth-order valence-electron chi connectivity index (χ4n) is 3.36. The molecule has 0 bridgehead atoms. The van der Waals surface area contributed by atoms with Gasteiger partial charge in [-0.05, 0) is 29.5 Å². The van der Waals surface area contributed by atoms with E-state index in [1.54, 1.807) is 4.90 Å². The number of amides is 1. The molecule has 122 valence electrons. The van der Waals surface area contributed by atoms with Gasteiger partial charge in [0, 0.05) is 6.54 Å². The van der Waals surface area contributed by atoms with Crippen LogP contribution in [0.2, 0.25) is 0 Å². The van der Waals surface area contributed by atoms with Gasteiger partial charge in [-0.2, -0.15) is 5.26 Å². The molecule has 0 saturated carbocycles. The maximum absolute atomic E-state index is 12.4. The van der Waals surface area contributed by atoms with Crippen LogP contribution in [0.5, 0.6) is 0 Å². The van der Waals surface area contributed by atoms with E-state index in [0.29, 0.717) is 13.0 Å². The van der Waals surface area contributed by atoms with Crippen molar-refractivity contribution in [3.63, 3.8) is 0 Å². The molecule has 3 rings (SSSR count). The molecular formula is C20H20N2O2. The second kappa shape index (κ2) is 6.86. The number of rotatable bonds is 5. The summed E-state index contributed by atoms with van der Waals surface area (Å²) in [5.41, 5.74) is 1.97. The van der Waals surface area contributed by atoms with E-state index in [4.69, 9.17) is 5.26 Å². The van der Waals surface area contributed by atoms with Gasteiger partial charge in [-0.1, -0.05) is 54.6 Å². The molecule has 1 aliphatic carbocycles. The molecule has 2 aromatic rings. The van der Waals surface area contributed by atoms with Gasteiger partial charge in [0.05, 0.1) is 12.6 Å². The van der Waals surface area contributed by atoms with Gasteiger partial charge in [-0.25, -0.2) is 0 Å². The van der Waals surface area contributed by atoms with Crippen LogP contribution < -0.4 is 0 Å². The van der Waals surface area contributed by atoms with Crippen molar-refractivity contribution in [1.29, 1.82) is 5.26 Å². The number of nitrogens with zero attached hydrogens (tertiary/aromatic N) is 2. The van der Waals surface area contributed by atoms with Crippen molar-refractivity contribution in [2.75, 3.05) is 6.54 Å². The summed E-state index contributed by atoms with van der Waals surface area (Å²) >= 11 is 0. The predicted octanol–water partition coefficient (Wildman–Crippen LogP) is 2.76. The van der Waals surface area contributed by atoms with Crippen LogP contribution in [0.25, 0.3) is 0 Å². The van der Waals surface area contributed by atoms with Crippen LogP contribution in [0, 0.1) is 11.3 Å². The summed E-state index contributed by atoms with van der Waals surface area (Å²) < 4.78 is 0. The first kappa shape index (κ1) is 16.2. The Hall–Kier alpha value is -2.64. The molecule has 4 heteroatoms. The Morgan fingerprint density at radius 2 is 1.88 bits per heavy atom. The lowest BCUT2D eigenvalue weighted by Crippen LogP contribution is -2.42. The van der Waals surface area contributed by atoms with E-state index in [0.717, 1.165) is 23.1 Å². The smallest absolute Gasteiger partial charge is 0.237 e. The highest BCUT2D eigenvalue weighted by molar-refractivity contribution is 5.78. The van der Waals surface area contributed by atoms with Crippen LogP contribution in [0.3, 0.4) is 0 Å². The van der Waals surface area contributed by atoms with Crippen LogP contribution in [-0.2, 0) is 23.4 Å². The van der Waals surface area contributed by atoms with Crippen molar-refractivity contribution in [3.8, 4) is 6.07 Å². The highest BCUT2D eigenvalue weighted by Crippen LogP contribution is 2.37. The third-order valence-electron chi connectivity index (χ3n) is 4.58. The average molecular weight is 320 g/mol. The van der Waals surface area contributed by atoms with Gasteiger partial charge < -0.3 is 10.0 Å². The third kappa shape index (κ3) is 3.32. The molecule has 0 fully saturated rings. The summed E-state index contributed by atoms with van der Waals surface area (Å²) in [6.45, 7) is 0.602. The number of nitriles is 1. The van der Waals surface area contributed by atoms with E-state index in [-0.39, 0.29) is 18.9 Å². The van der Waals surface area contributed by atoms with Gasteiger partial charge in [0.2, 0.25) is 5.91 Å². The lowest BCUT2D eigenvalue weighted by atomic mass is 9.95. The fraction of sp³-hybridized carbons (Fsp3) is 0.300. The summed E-state index contributed by atoms with van der Waals surface area (Å²) in [6, 6.07) is 19.4. The summed E-state index contributed by atoms with van der Waals surface area (Å²) in [5.74, 6) is -0.251. The minimum atomic E-state index is -1.05. The van der Waals surface area contributed by atoms with E-state index >= 15 is 0 Å². The van der Waals surface area contributed by atoms with E-state index in [1.165, 1.54) is 0 Å². The molecular weight excluding hydrogens is 300 g/mol. The van der Waals surface area contributed by atoms with Crippen molar-refractivity contribution in [1.82, 2.24) is 4.90 Å². The molecule has 1 unspecified atom stereocenters. The Morgan fingerprint density at radius 1 is 1.17 bits per heavy atom. The Balaban J connectivity index is 1.84. The lowest BCUT2D eigenvalue weighted by molar-refractivity contribution is -0.135. The molecule has 1 atom stereocenters. The third-order valence-corrected chi connectivity index (χ3v) is 4.58. The summed E-state index contributed by atoms with van der Waals surface area (Å²) in [5, 5.41) is 20.0. The van der Waals surface area contributed by atoms with Crippen molar-refractivity contribution < 1.29 is 9.90 Å². The number of benzene rings is 2. The van der Waals surface area contributed by atoms with Gasteiger partial charge in [-0.3, -0.25) is 4.79 Å². The van der Waals surface area contributed by atoms with Gasteiger partial charge in [0.25, 0.3) is 0 Å². The van der Waals surface area contributed by atoms with Crippen LogP contribution in [0.4, 0.5) is 0 Å². The first-order valence-corrected chi connectivity index (χ1v) is 8.12. The Morgan fingerprint density at radius 3 is 2.62 bits per heavy atom. The standard InChI is InChI=1S/C20H20N2O2/c21-13-11-19(23)22(14-16-6-2-1-3-7-16)15-20(24)12-10-17-8-4-5-9-18(17)20/h1-9,24H,10-12,14-15H2. The second-order valence-electron chi connectivity index (χ2n) is 6.26. The number of hydrogen-bond acceptors (Lipinski definition) is 3. The fourth-order valence-corrected chi connectivity index (χ4v) is 3.36. The highest BCUT2D eigenvalue weighted by atomic mass is 16.3. The largest absolute Gasteiger partial charge is 0.383 e. The van der Waals surface area contributed by atoms with Gasteiger partial charge in [0.1, 0.15) is 12.0 Å². The molecule has 0 radical (unpaired) electrons. The molecule has 0 saturated heterocycles. The number of hydrogen-bond donors (Lipinski definition) is 1. The number of carbonyl (C=O) groups excluding carboxylic acids is 1. The quantitative estimate of drug-likeness (QED) is 0.921. The highest BCUT2D eigenvalue weighted by Gasteiger charge is 2.38. The zero-order chi connectivity index (χ0) is 17.0. The summed E-state index contributed by atoms with van der Waals surface area (Å²) in [6.07, 6.45) is 1.22. The van der Waals surface area contributed by atoms with E-state index in [2.05, 4.69) is 0 Å². The topological polar surface area (TPSA) is 64.3 Å². The molecule has 0 heterocycles. The zero-order valence-corrected chi connectivity index (χ0v) is 13.5. The molecule has 1 amide bonds. The molecule has 0 spiro atoms. The minimum Gasteiger partial charge on any atom is -0.383 e. The first-order chi connectivity index (χ1) is 11.6. The van der Waals surface area contributed by atoms with Gasteiger partial charge in [-0.15, -0.1) is 0 Å². The molecule has 4 nitrogen and oxygen atoms in total. The monoisotopic (exact) mass is 320 g/mol. The lowest BCUT2D eigenvalue weighted by Gasteiger charge is -2.32. The van der Waals surface area contributed by atoms with Crippen molar-refractivity contribution in [2.24, 2.45) is 0 Å². The Labute approximate surface area is 142 Å². The maximum atomic E-state index is 12.4. The Bertz CT molecular complexity index is 767. The molecule has 1 aliphatic rings. The number of fused-ring (bicyclic) bond motifs is 1. The zero-order valence-electron chi connectivity index (χ0n) is 13.5. The summed E-state index contributed by atoms with van der Waals surface area (Å²) in [7, 11) is 0. The maximum Gasteiger partial charge on any atom is 0.237 e. The van der Waals surface area contributed by atoms with Gasteiger partial charge >= 0.3 is 0 Å². The SMILES string of the molecule is N#CCC(=O)N(Cc1ccccc1)CC1(O)CCc2ccccc21. The second-order valence-corrected chi connectivity index (χ2v) is 6.26. The Kier molecular flexibility index (Phi) is 4.64. The molecule has 24 heavy (non-hydrogen) atoms. The van der Waals surface area contributed by atoms with Crippen LogP contribution in [-0.4, -0.2) is 22.5 Å². The van der Waals surface area contributed by atoms with Crippen molar-refractivity contribution >= 4 is 5.91 Å². The average Bonchev–Trinajstić information content (AvgIpc) is 2.93. The van der Waals surface area contributed by atoms with E-state index < -0.39 is 5.60 Å². The molecule has 1 N–H and O–H groups in total. The number of aliphatic hydroxyl groups is 1. The molecule has 0 aliphatic heterocycles. The van der Waals surface area contributed by atoms with Gasteiger partial charge in [0.15, 0.2) is 0 Å². The number of aryl methyl sites for hydroxylation is 1. The van der Waals surface area contributed by atoms with Crippen LogP contribution in [0.1, 0.15) is 29.5 Å². The van der Waals surface area contributed by atoms with Crippen LogP contribution in [0.15, 0.2) is 54.6 Å². The van der Waals surface area contributed by atoms with Crippen molar-refractivity contribution in [3.05, 3.63) is 71.3 Å². The summed E-state index contributed by atoms with van der Waals surface area (Å²) in [4.78, 5) is 14.0. The first-order valence-electron chi connectivity index (χ1n) is 8.12. The van der Waals surface area contributed by atoms with Crippen LogP contribution >= 0.6 is 0 Å². The minimum absolute atomic E-state index is 0.176. The number of carbonyl (C=O) groups is 1. The predicted molar refractivity (Wildman–Crippen MR) is 90.7 cm³/mol. The van der Waals surface area contributed by atoms with E-state index in [9.17, 15) is 9.90 Å². The molecule has 2 aromatic carbocycles.